The molecule has 0 saturated carbocycles. The molecule has 2 aromatic rings. The van der Waals surface area contributed by atoms with Crippen molar-refractivity contribution in [3.8, 4) is 5.69 Å². The van der Waals surface area contributed by atoms with Gasteiger partial charge in [-0.05, 0) is 11.8 Å². The molecule has 0 N–H and O–H groups in total. The van der Waals surface area contributed by atoms with Crippen LogP contribution in [0, 0.1) is 47.4 Å². The van der Waals surface area contributed by atoms with E-state index < -0.39 is 54.0 Å². The highest BCUT2D eigenvalue weighted by molar-refractivity contribution is 5.73. The molecule has 0 unspecified atom stereocenters. The monoisotopic (exact) mass is 339 g/mol. The van der Waals surface area contributed by atoms with E-state index in [1.165, 1.54) is 0 Å². The molecule has 1 aromatic heterocycles. The minimum atomic E-state index is -1.09. The van der Waals surface area contributed by atoms with Crippen LogP contribution in [0.1, 0.15) is 5.56 Å². The molecular formula is C9H5N7O8. The Morgan fingerprint density at radius 1 is 0.917 bits per heavy atom. The Morgan fingerprint density at radius 3 is 1.92 bits per heavy atom. The minimum Gasteiger partial charge on any atom is -0.390 e. The van der Waals surface area contributed by atoms with Crippen molar-refractivity contribution in [1.82, 2.24) is 14.8 Å². The third-order valence-corrected chi connectivity index (χ3v) is 2.93. The van der Waals surface area contributed by atoms with E-state index in [1.54, 1.807) is 0 Å². The maximum atomic E-state index is 11.3. The summed E-state index contributed by atoms with van der Waals surface area (Å²) < 4.78 is 0.463. The lowest BCUT2D eigenvalue weighted by atomic mass is 10.1. The smallest absolute Gasteiger partial charge is 0.390 e. The van der Waals surface area contributed by atoms with Gasteiger partial charge in [0.2, 0.25) is 12.0 Å². The second kappa shape index (κ2) is 5.63. The van der Waals surface area contributed by atoms with Crippen LogP contribution in [0.5, 0.6) is 0 Å². The van der Waals surface area contributed by atoms with Gasteiger partial charge in [0.15, 0.2) is 0 Å². The van der Waals surface area contributed by atoms with Gasteiger partial charge in [-0.3, -0.25) is 30.3 Å². The summed E-state index contributed by atoms with van der Waals surface area (Å²) in [7, 11) is 0. The molecule has 0 amide bonds. The highest BCUT2D eigenvalue weighted by Gasteiger charge is 2.38. The summed E-state index contributed by atoms with van der Waals surface area (Å²) in [5.41, 5.74) is -4.07. The minimum absolute atomic E-state index is 0.463. The van der Waals surface area contributed by atoms with E-state index in [2.05, 4.69) is 10.1 Å². The molecule has 0 spiro atoms. The molecule has 1 heterocycles. The Morgan fingerprint density at radius 2 is 1.50 bits per heavy atom. The van der Waals surface area contributed by atoms with Crippen LogP contribution in [0.25, 0.3) is 5.69 Å². The number of hydrogen-bond acceptors (Lipinski definition) is 10. The zero-order chi connectivity index (χ0) is 18.2. The van der Waals surface area contributed by atoms with Crippen molar-refractivity contribution >= 4 is 23.0 Å². The topological polar surface area (TPSA) is 203 Å². The Balaban J connectivity index is 2.93. The van der Waals surface area contributed by atoms with Crippen molar-refractivity contribution in [3.05, 3.63) is 58.4 Å². The van der Waals surface area contributed by atoms with Crippen molar-refractivity contribution in [3.63, 3.8) is 0 Å². The molecule has 0 fully saturated rings. The third-order valence-electron chi connectivity index (χ3n) is 2.93. The van der Waals surface area contributed by atoms with E-state index in [-0.39, 0.29) is 0 Å². The summed E-state index contributed by atoms with van der Waals surface area (Å²) in [4.78, 5) is 43.1. The molecule has 0 aliphatic carbocycles. The Kier molecular flexibility index (Phi) is 3.83. The number of nitro benzene ring substituents is 3. The van der Waals surface area contributed by atoms with Gasteiger partial charge in [0.1, 0.15) is 5.56 Å². The Labute approximate surface area is 129 Å². The van der Waals surface area contributed by atoms with Gasteiger partial charge in [0, 0.05) is 5.10 Å². The van der Waals surface area contributed by atoms with Crippen LogP contribution in [0.4, 0.5) is 23.0 Å². The summed E-state index contributed by atoms with van der Waals surface area (Å²) in [6, 6.07) is 0.519. The first-order valence-electron chi connectivity index (χ1n) is 5.82. The predicted octanol–water partition coefficient (Wildman–Crippen LogP) is 1.21. The molecule has 15 nitrogen and oxygen atoms in total. The maximum Gasteiger partial charge on any atom is 0.491 e. The molecule has 0 radical (unpaired) electrons. The van der Waals surface area contributed by atoms with E-state index in [1.807, 2.05) is 0 Å². The highest BCUT2D eigenvalue weighted by Crippen LogP contribution is 2.40. The summed E-state index contributed by atoms with van der Waals surface area (Å²) in [5.74, 6) is -0.949. The molecule has 124 valence electrons. The van der Waals surface area contributed by atoms with Gasteiger partial charge >= 0.3 is 17.3 Å². The molecule has 1 aromatic carbocycles. The SMILES string of the molecule is Cc1c([N+](=O)[O-])cc([N+](=O)[O-])c(-n2cnc([N+](=O)[O-])n2)c1[N+](=O)[O-]. The van der Waals surface area contributed by atoms with Gasteiger partial charge in [0.25, 0.3) is 5.69 Å². The van der Waals surface area contributed by atoms with Crippen molar-refractivity contribution in [2.24, 2.45) is 0 Å². The van der Waals surface area contributed by atoms with Crippen LogP contribution in [-0.4, -0.2) is 34.5 Å². The number of hydrogen-bond donors (Lipinski definition) is 0. The van der Waals surface area contributed by atoms with Gasteiger partial charge in [-0.2, -0.15) is 0 Å². The number of aromatic nitrogens is 3. The van der Waals surface area contributed by atoms with E-state index >= 15 is 0 Å². The van der Waals surface area contributed by atoms with Crippen LogP contribution < -0.4 is 0 Å². The first kappa shape index (κ1) is 16.3. The second-order valence-corrected chi connectivity index (χ2v) is 4.25. The average Bonchev–Trinajstić information content (AvgIpc) is 2.95. The fourth-order valence-electron chi connectivity index (χ4n) is 1.95. The molecule has 0 atom stereocenters. The van der Waals surface area contributed by atoms with Gasteiger partial charge in [0.05, 0.1) is 20.8 Å². The van der Waals surface area contributed by atoms with Crippen LogP contribution >= 0.6 is 0 Å². The summed E-state index contributed by atoms with van der Waals surface area (Å²) >= 11 is 0. The lowest BCUT2D eigenvalue weighted by Crippen LogP contribution is -2.09. The van der Waals surface area contributed by atoms with Gasteiger partial charge in [-0.1, -0.05) is 4.98 Å². The average molecular weight is 339 g/mol. The van der Waals surface area contributed by atoms with E-state index in [0.29, 0.717) is 17.1 Å². The van der Waals surface area contributed by atoms with Crippen molar-refractivity contribution < 1.29 is 19.7 Å². The van der Waals surface area contributed by atoms with Crippen LogP contribution in [-0.2, 0) is 0 Å². The highest BCUT2D eigenvalue weighted by atomic mass is 16.6. The normalized spacial score (nSPS) is 10.4. The fraction of sp³-hybridized carbons (Fsp3) is 0.111. The van der Waals surface area contributed by atoms with Gasteiger partial charge in [-0.15, -0.1) is 4.68 Å². The molecule has 0 bridgehead atoms. The molecule has 24 heavy (non-hydrogen) atoms. The van der Waals surface area contributed by atoms with E-state index in [4.69, 9.17) is 0 Å². The largest absolute Gasteiger partial charge is 0.491 e. The van der Waals surface area contributed by atoms with E-state index in [9.17, 15) is 40.5 Å². The zero-order valence-corrected chi connectivity index (χ0v) is 11.6. The lowest BCUT2D eigenvalue weighted by molar-refractivity contribution is -0.403. The standard InChI is InChI=1S/C9H5N7O8/c1-4-5(13(17)18)2-6(14(19)20)8(7(4)15(21)22)12-3-10-9(11-12)16(23)24/h2-3H,1H3. The van der Waals surface area contributed by atoms with Crippen molar-refractivity contribution in [2.45, 2.75) is 6.92 Å². The first-order chi connectivity index (χ1) is 11.1. The first-order valence-corrected chi connectivity index (χ1v) is 5.82. The second-order valence-electron chi connectivity index (χ2n) is 4.25. The zero-order valence-electron chi connectivity index (χ0n) is 11.6. The predicted molar refractivity (Wildman–Crippen MR) is 72.7 cm³/mol. The molecular weight excluding hydrogens is 334 g/mol. The molecule has 0 aliphatic heterocycles. The molecule has 2 rings (SSSR count). The van der Waals surface area contributed by atoms with Crippen LogP contribution in [0.15, 0.2) is 12.4 Å². The van der Waals surface area contributed by atoms with Crippen molar-refractivity contribution in [1.29, 1.82) is 0 Å². The summed E-state index contributed by atoms with van der Waals surface area (Å²) in [6.45, 7) is 1.02. The van der Waals surface area contributed by atoms with Crippen LogP contribution in [0.3, 0.4) is 0 Å². The summed E-state index contributed by atoms with van der Waals surface area (Å²) in [5, 5.41) is 47.3. The number of rotatable bonds is 5. The third kappa shape index (κ3) is 2.56. The number of benzene rings is 1. The quantitative estimate of drug-likeness (QED) is 0.562. The van der Waals surface area contributed by atoms with Crippen LogP contribution in [0.2, 0.25) is 0 Å². The maximum absolute atomic E-state index is 11.3. The molecule has 15 heteroatoms. The Hall–Kier alpha value is -4.04. The van der Waals surface area contributed by atoms with E-state index in [0.717, 1.165) is 6.92 Å². The number of nitro groups is 4. The fourth-order valence-corrected chi connectivity index (χ4v) is 1.95. The molecule has 0 aliphatic rings. The van der Waals surface area contributed by atoms with Gasteiger partial charge in [-0.25, -0.2) is 0 Å². The Bertz CT molecular complexity index is 904. The summed E-state index contributed by atoms with van der Waals surface area (Å²) in [6.07, 6.45) is 0.665. The van der Waals surface area contributed by atoms with Crippen molar-refractivity contribution in [2.75, 3.05) is 0 Å². The number of nitrogens with zero attached hydrogens (tertiary/aromatic N) is 7. The molecule has 0 saturated heterocycles. The van der Waals surface area contributed by atoms with Gasteiger partial charge < -0.3 is 10.1 Å². The lowest BCUT2D eigenvalue weighted by Gasteiger charge is -2.05.